The fourth-order valence-electron chi connectivity index (χ4n) is 1.48. The predicted molar refractivity (Wildman–Crippen MR) is 82.0 cm³/mol. The Bertz CT molecular complexity index is 602. The lowest BCUT2D eigenvalue weighted by molar-refractivity contribution is -0.384. The number of nitro groups is 1. The van der Waals surface area contributed by atoms with Crippen LogP contribution in [0.25, 0.3) is 0 Å². The number of rotatable bonds is 7. The van der Waals surface area contributed by atoms with Gasteiger partial charge in [0.2, 0.25) is 0 Å². The molecule has 0 unspecified atom stereocenters. The van der Waals surface area contributed by atoms with Gasteiger partial charge in [0, 0.05) is 37.1 Å². The average Bonchev–Trinajstić information content (AvgIpc) is 2.47. The van der Waals surface area contributed by atoms with E-state index >= 15 is 0 Å². The highest BCUT2D eigenvalue weighted by atomic mass is 16.6. The first-order chi connectivity index (χ1) is 10.4. The molecule has 0 spiro atoms. The van der Waals surface area contributed by atoms with Gasteiger partial charge in [-0.1, -0.05) is 0 Å². The number of likely N-dealkylation sites (N-methyl/N-ethyl adjacent to an activating group) is 1. The van der Waals surface area contributed by atoms with Crippen molar-refractivity contribution >= 4 is 17.3 Å². The SMILES string of the molecule is CN(C)CCN/C=C(/C#N)C(=O)Nc1ccc([N+](=O)[O-])cc1. The molecule has 1 rings (SSSR count). The second-order valence-electron chi connectivity index (χ2n) is 4.69. The van der Waals surface area contributed by atoms with Crippen LogP contribution in [0.15, 0.2) is 36.0 Å². The summed E-state index contributed by atoms with van der Waals surface area (Å²) < 4.78 is 0. The minimum atomic E-state index is -0.575. The Morgan fingerprint density at radius 2 is 2.05 bits per heavy atom. The summed E-state index contributed by atoms with van der Waals surface area (Å²) in [6.45, 7) is 1.36. The van der Waals surface area contributed by atoms with Gasteiger partial charge in [0.25, 0.3) is 11.6 Å². The molecule has 0 saturated carbocycles. The molecule has 2 N–H and O–H groups in total. The molecule has 0 heterocycles. The van der Waals surface area contributed by atoms with Crippen LogP contribution in [0.1, 0.15) is 0 Å². The van der Waals surface area contributed by atoms with Gasteiger partial charge in [-0.3, -0.25) is 14.9 Å². The van der Waals surface area contributed by atoms with E-state index in [1.807, 2.05) is 19.0 Å². The smallest absolute Gasteiger partial charge is 0.269 e. The number of benzene rings is 1. The van der Waals surface area contributed by atoms with Crippen LogP contribution >= 0.6 is 0 Å². The fraction of sp³-hybridized carbons (Fsp3) is 0.286. The van der Waals surface area contributed by atoms with Gasteiger partial charge in [-0.2, -0.15) is 5.26 Å². The van der Waals surface area contributed by atoms with E-state index in [1.54, 1.807) is 6.07 Å². The molecule has 0 saturated heterocycles. The number of carbonyl (C=O) groups excluding carboxylic acids is 1. The molecule has 0 radical (unpaired) electrons. The summed E-state index contributed by atoms with van der Waals surface area (Å²) in [7, 11) is 3.83. The average molecular weight is 303 g/mol. The maximum absolute atomic E-state index is 11.9. The summed E-state index contributed by atoms with van der Waals surface area (Å²) in [6.07, 6.45) is 1.35. The summed E-state index contributed by atoms with van der Waals surface area (Å²) in [5.41, 5.74) is 0.238. The zero-order valence-corrected chi connectivity index (χ0v) is 12.4. The molecule has 0 aromatic heterocycles. The minimum Gasteiger partial charge on any atom is -0.388 e. The van der Waals surface area contributed by atoms with E-state index in [-0.39, 0.29) is 11.3 Å². The van der Waals surface area contributed by atoms with Crippen molar-refractivity contribution < 1.29 is 9.72 Å². The van der Waals surface area contributed by atoms with Crippen LogP contribution in [0.4, 0.5) is 11.4 Å². The van der Waals surface area contributed by atoms with Gasteiger partial charge in [-0.15, -0.1) is 0 Å². The molecule has 0 aliphatic heterocycles. The largest absolute Gasteiger partial charge is 0.388 e. The summed E-state index contributed by atoms with van der Waals surface area (Å²) >= 11 is 0. The van der Waals surface area contributed by atoms with Crippen molar-refractivity contribution in [3.63, 3.8) is 0 Å². The number of anilines is 1. The first-order valence-electron chi connectivity index (χ1n) is 6.48. The molecule has 8 heteroatoms. The molecule has 0 aliphatic rings. The lowest BCUT2D eigenvalue weighted by Gasteiger charge is -2.09. The third-order valence-corrected chi connectivity index (χ3v) is 2.65. The Morgan fingerprint density at radius 1 is 1.41 bits per heavy atom. The molecule has 1 aromatic rings. The first kappa shape index (κ1) is 17.1. The van der Waals surface area contributed by atoms with Gasteiger partial charge >= 0.3 is 0 Å². The fourth-order valence-corrected chi connectivity index (χ4v) is 1.48. The van der Waals surface area contributed by atoms with Crippen molar-refractivity contribution in [2.24, 2.45) is 0 Å². The van der Waals surface area contributed by atoms with E-state index < -0.39 is 10.8 Å². The number of nitro benzene ring substituents is 1. The highest BCUT2D eigenvalue weighted by molar-refractivity contribution is 6.06. The normalized spacial score (nSPS) is 10.9. The maximum atomic E-state index is 11.9. The number of nitriles is 1. The molecule has 8 nitrogen and oxygen atoms in total. The highest BCUT2D eigenvalue weighted by Gasteiger charge is 2.10. The Kier molecular flexibility index (Phi) is 6.53. The van der Waals surface area contributed by atoms with Gasteiger partial charge in [-0.25, -0.2) is 0 Å². The van der Waals surface area contributed by atoms with Gasteiger partial charge in [0.15, 0.2) is 0 Å². The highest BCUT2D eigenvalue weighted by Crippen LogP contribution is 2.15. The molecule has 22 heavy (non-hydrogen) atoms. The Hall–Kier alpha value is -2.92. The van der Waals surface area contributed by atoms with Gasteiger partial charge < -0.3 is 15.5 Å². The van der Waals surface area contributed by atoms with Gasteiger partial charge in [0.1, 0.15) is 11.6 Å². The zero-order chi connectivity index (χ0) is 16.5. The maximum Gasteiger partial charge on any atom is 0.269 e. The van der Waals surface area contributed by atoms with Crippen molar-refractivity contribution in [2.75, 3.05) is 32.5 Å². The van der Waals surface area contributed by atoms with Crippen LogP contribution in [0.2, 0.25) is 0 Å². The Labute approximate surface area is 128 Å². The summed E-state index contributed by atoms with van der Waals surface area (Å²) in [6, 6.07) is 7.18. The van der Waals surface area contributed by atoms with E-state index in [9.17, 15) is 14.9 Å². The van der Waals surface area contributed by atoms with Crippen molar-refractivity contribution in [3.05, 3.63) is 46.2 Å². The first-order valence-corrected chi connectivity index (χ1v) is 6.48. The molecule has 0 bridgehead atoms. The number of hydrogen-bond acceptors (Lipinski definition) is 6. The molecular formula is C14H17N5O3. The number of amides is 1. The van der Waals surface area contributed by atoms with Crippen LogP contribution in [0.5, 0.6) is 0 Å². The van der Waals surface area contributed by atoms with Crippen LogP contribution in [-0.4, -0.2) is 42.9 Å². The summed E-state index contributed by atoms with van der Waals surface area (Å²) in [4.78, 5) is 23.9. The van der Waals surface area contributed by atoms with Crippen molar-refractivity contribution in [1.29, 1.82) is 5.26 Å². The van der Waals surface area contributed by atoms with Crippen molar-refractivity contribution in [1.82, 2.24) is 10.2 Å². The molecule has 1 aromatic carbocycles. The van der Waals surface area contributed by atoms with Crippen molar-refractivity contribution in [3.8, 4) is 6.07 Å². The quantitative estimate of drug-likeness (QED) is 0.256. The molecule has 116 valence electrons. The number of nitrogens with one attached hydrogen (secondary N) is 2. The van der Waals surface area contributed by atoms with Crippen LogP contribution in [0, 0.1) is 21.4 Å². The number of nitrogens with zero attached hydrogens (tertiary/aromatic N) is 3. The molecule has 0 fully saturated rings. The molecular weight excluding hydrogens is 286 g/mol. The van der Waals surface area contributed by atoms with E-state index in [2.05, 4.69) is 10.6 Å². The van der Waals surface area contributed by atoms with Crippen LogP contribution in [0.3, 0.4) is 0 Å². The van der Waals surface area contributed by atoms with Crippen molar-refractivity contribution in [2.45, 2.75) is 0 Å². The molecule has 1 amide bonds. The second-order valence-corrected chi connectivity index (χ2v) is 4.69. The third-order valence-electron chi connectivity index (χ3n) is 2.65. The summed E-state index contributed by atoms with van der Waals surface area (Å²) in [5, 5.41) is 24.9. The van der Waals surface area contributed by atoms with Crippen LogP contribution in [-0.2, 0) is 4.79 Å². The number of carbonyl (C=O) groups is 1. The Balaban J connectivity index is 2.63. The Morgan fingerprint density at radius 3 is 2.55 bits per heavy atom. The minimum absolute atomic E-state index is 0.0700. The van der Waals surface area contributed by atoms with Gasteiger partial charge in [-0.05, 0) is 26.2 Å². The van der Waals surface area contributed by atoms with Gasteiger partial charge in [0.05, 0.1) is 4.92 Å². The number of hydrogen-bond donors (Lipinski definition) is 2. The second kappa shape index (κ2) is 8.39. The number of non-ortho nitro benzene ring substituents is 1. The lowest BCUT2D eigenvalue weighted by Crippen LogP contribution is -2.24. The zero-order valence-electron chi connectivity index (χ0n) is 12.4. The van der Waals surface area contributed by atoms with E-state index in [0.29, 0.717) is 12.2 Å². The molecule has 0 aliphatic carbocycles. The molecule has 0 atom stereocenters. The summed E-state index contributed by atoms with van der Waals surface area (Å²) in [5.74, 6) is -0.575. The predicted octanol–water partition coefficient (Wildman–Crippen LogP) is 1.09. The lowest BCUT2D eigenvalue weighted by atomic mass is 10.2. The van der Waals surface area contributed by atoms with E-state index in [1.165, 1.54) is 30.5 Å². The van der Waals surface area contributed by atoms with Crippen LogP contribution < -0.4 is 10.6 Å². The standard InChI is InChI=1S/C14H17N5O3/c1-18(2)8-7-16-10-11(9-15)14(20)17-12-3-5-13(6-4-12)19(21)22/h3-6,10,16H,7-8H2,1-2H3,(H,17,20)/b11-10-. The van der Waals surface area contributed by atoms with E-state index in [4.69, 9.17) is 5.26 Å². The monoisotopic (exact) mass is 303 g/mol. The topological polar surface area (TPSA) is 111 Å². The van der Waals surface area contributed by atoms with E-state index in [0.717, 1.165) is 6.54 Å². The third kappa shape index (κ3) is 5.60.